The minimum absolute atomic E-state index is 0.00298. The highest BCUT2D eigenvalue weighted by Gasteiger charge is 2.18. The average Bonchev–Trinajstić information content (AvgIpc) is 3.35. The number of allylic oxidation sites excluding steroid dienone is 5. The van der Waals surface area contributed by atoms with Gasteiger partial charge < -0.3 is 20.3 Å². The number of aliphatic hydroxyl groups is 2. The smallest absolute Gasteiger partial charge is 0.305 e. The van der Waals surface area contributed by atoms with E-state index in [2.05, 4.69) is 43.5 Å². The fraction of sp³-hybridized carbons (Fsp3) is 0.873. The fourth-order valence-corrected chi connectivity index (χ4v) is 9.39. The lowest BCUT2D eigenvalue weighted by Crippen LogP contribution is -2.45. The third-order valence-electron chi connectivity index (χ3n) is 14.1. The summed E-state index contributed by atoms with van der Waals surface area (Å²) in [5.41, 5.74) is 0. The number of hydrogen-bond acceptors (Lipinski definition) is 5. The van der Waals surface area contributed by atoms with Gasteiger partial charge in [-0.15, -0.1) is 0 Å². The Bertz CT molecular complexity index is 1120. The van der Waals surface area contributed by atoms with Gasteiger partial charge in [-0.2, -0.15) is 0 Å². The quantitative estimate of drug-likeness (QED) is 0.0321. The summed E-state index contributed by atoms with van der Waals surface area (Å²) in [7, 11) is 0. The zero-order valence-corrected chi connectivity index (χ0v) is 46.3. The van der Waals surface area contributed by atoms with E-state index in [-0.39, 0.29) is 18.5 Å². The molecule has 0 bridgehead atoms. The maximum absolute atomic E-state index is 12.5. The third-order valence-corrected chi connectivity index (χ3v) is 14.1. The van der Waals surface area contributed by atoms with E-state index in [1.54, 1.807) is 6.08 Å². The molecule has 0 fully saturated rings. The number of rotatable bonds is 57. The van der Waals surface area contributed by atoms with Crippen LogP contribution < -0.4 is 5.32 Å². The first-order chi connectivity index (χ1) is 34.0. The second kappa shape index (κ2) is 58.6. The Hall–Kier alpha value is -1.92. The number of carbonyl (C=O) groups excluding carboxylic acids is 2. The van der Waals surface area contributed by atoms with Crippen LogP contribution in [0.1, 0.15) is 328 Å². The minimum atomic E-state index is -0.851. The van der Waals surface area contributed by atoms with Crippen LogP contribution in [0.25, 0.3) is 0 Å². The van der Waals surface area contributed by atoms with Crippen molar-refractivity contribution in [3.63, 3.8) is 0 Å². The largest absolute Gasteiger partial charge is 0.466 e. The monoisotopic (exact) mass is 970 g/mol. The van der Waals surface area contributed by atoms with E-state index >= 15 is 0 Å². The van der Waals surface area contributed by atoms with E-state index in [1.165, 1.54) is 250 Å². The first-order valence-corrected chi connectivity index (χ1v) is 30.8. The van der Waals surface area contributed by atoms with Gasteiger partial charge in [0.25, 0.3) is 0 Å². The van der Waals surface area contributed by atoms with E-state index in [0.717, 1.165) is 51.4 Å². The Morgan fingerprint density at radius 1 is 0.391 bits per heavy atom. The number of carbonyl (C=O) groups is 2. The number of aliphatic hydroxyl groups excluding tert-OH is 2. The molecular formula is C63H119NO5. The molecule has 0 saturated carbocycles. The molecule has 0 aliphatic rings. The number of hydrogen-bond donors (Lipinski definition) is 3. The number of esters is 1. The summed E-state index contributed by atoms with van der Waals surface area (Å²) < 4.78 is 5.47. The van der Waals surface area contributed by atoms with Crippen LogP contribution >= 0.6 is 0 Å². The summed E-state index contributed by atoms with van der Waals surface area (Å²) in [6.07, 6.45) is 73.2. The molecular weight excluding hydrogens is 851 g/mol. The van der Waals surface area contributed by atoms with Gasteiger partial charge in [0.05, 0.1) is 25.4 Å². The zero-order valence-electron chi connectivity index (χ0n) is 46.3. The maximum atomic E-state index is 12.5. The number of amides is 1. The fourth-order valence-electron chi connectivity index (χ4n) is 9.39. The molecule has 69 heavy (non-hydrogen) atoms. The molecule has 6 nitrogen and oxygen atoms in total. The second-order valence-electron chi connectivity index (χ2n) is 21.0. The van der Waals surface area contributed by atoms with Crippen LogP contribution in [0, 0.1) is 0 Å². The molecule has 0 heterocycles. The molecule has 6 heteroatoms. The standard InChI is InChI=1S/C63H119NO5/c1-3-5-7-9-11-13-15-17-19-20-25-28-31-35-39-43-47-51-55-61(66)60(59-65)64-62(67)56-52-48-44-40-36-32-29-26-23-21-22-24-27-30-34-38-42-46-50-54-58-69-63(68)57-53-49-45-41-37-33-18-16-14-12-10-8-6-4-2/h16,18,21,23,51,55,60-61,65-66H,3-15,17,19-20,22,24-50,52-54,56-59H2,1-2H3,(H,64,67)/b18-16-,23-21-,55-51+. The van der Waals surface area contributed by atoms with Gasteiger partial charge in [-0.25, -0.2) is 0 Å². The van der Waals surface area contributed by atoms with Crippen molar-refractivity contribution < 1.29 is 24.5 Å². The number of unbranched alkanes of at least 4 members (excludes halogenated alkanes) is 42. The summed E-state index contributed by atoms with van der Waals surface area (Å²) in [4.78, 5) is 24.5. The Morgan fingerprint density at radius 3 is 1.03 bits per heavy atom. The van der Waals surface area contributed by atoms with E-state index in [0.29, 0.717) is 19.4 Å². The lowest BCUT2D eigenvalue weighted by Gasteiger charge is -2.20. The van der Waals surface area contributed by atoms with Gasteiger partial charge in [-0.1, -0.05) is 269 Å². The van der Waals surface area contributed by atoms with Gasteiger partial charge in [0.1, 0.15) is 0 Å². The van der Waals surface area contributed by atoms with Crippen molar-refractivity contribution in [1.82, 2.24) is 5.32 Å². The van der Waals surface area contributed by atoms with Crippen molar-refractivity contribution in [2.24, 2.45) is 0 Å². The van der Waals surface area contributed by atoms with Crippen LogP contribution in [0.5, 0.6) is 0 Å². The summed E-state index contributed by atoms with van der Waals surface area (Å²) >= 11 is 0. The average molecular weight is 971 g/mol. The molecule has 0 aromatic heterocycles. The highest BCUT2D eigenvalue weighted by molar-refractivity contribution is 5.76. The van der Waals surface area contributed by atoms with Crippen molar-refractivity contribution in [3.8, 4) is 0 Å². The van der Waals surface area contributed by atoms with E-state index in [4.69, 9.17) is 4.74 Å². The van der Waals surface area contributed by atoms with Gasteiger partial charge in [0, 0.05) is 12.8 Å². The molecule has 2 atom stereocenters. The molecule has 0 aliphatic heterocycles. The van der Waals surface area contributed by atoms with Gasteiger partial charge in [0.15, 0.2) is 0 Å². The zero-order chi connectivity index (χ0) is 50.0. The van der Waals surface area contributed by atoms with E-state index in [1.807, 2.05) is 6.08 Å². The van der Waals surface area contributed by atoms with Crippen LogP contribution in [-0.2, 0) is 14.3 Å². The molecule has 3 N–H and O–H groups in total. The van der Waals surface area contributed by atoms with Crippen molar-refractivity contribution in [3.05, 3.63) is 36.5 Å². The SMILES string of the molecule is CCCCCCC/C=C\CCCCCCCC(=O)OCCCCCCCCCCC/C=C\CCCCCCCCCC(=O)NC(CO)C(O)/C=C/CCCCCCCCCCCCCCCCCC. The highest BCUT2D eigenvalue weighted by atomic mass is 16.5. The molecule has 1 amide bonds. The summed E-state index contributed by atoms with van der Waals surface area (Å²) in [5.74, 6) is -0.0780. The lowest BCUT2D eigenvalue weighted by molar-refractivity contribution is -0.143. The molecule has 0 spiro atoms. The van der Waals surface area contributed by atoms with Crippen molar-refractivity contribution >= 4 is 11.9 Å². The molecule has 2 unspecified atom stereocenters. The molecule has 0 aliphatic carbocycles. The van der Waals surface area contributed by atoms with Crippen LogP contribution in [0.15, 0.2) is 36.5 Å². The second-order valence-corrected chi connectivity index (χ2v) is 21.0. The summed E-state index contributed by atoms with van der Waals surface area (Å²) in [6.45, 7) is 4.90. The van der Waals surface area contributed by atoms with Crippen LogP contribution in [0.4, 0.5) is 0 Å². The first-order valence-electron chi connectivity index (χ1n) is 30.8. The summed E-state index contributed by atoms with van der Waals surface area (Å²) in [5, 5.41) is 23.2. The van der Waals surface area contributed by atoms with Crippen molar-refractivity contribution in [2.75, 3.05) is 13.2 Å². The number of ether oxygens (including phenoxy) is 1. The normalized spacial score (nSPS) is 12.8. The topological polar surface area (TPSA) is 95.9 Å². The van der Waals surface area contributed by atoms with Gasteiger partial charge >= 0.3 is 5.97 Å². The van der Waals surface area contributed by atoms with E-state index in [9.17, 15) is 19.8 Å². The van der Waals surface area contributed by atoms with Gasteiger partial charge in [-0.3, -0.25) is 9.59 Å². The van der Waals surface area contributed by atoms with Gasteiger partial charge in [-0.05, 0) is 83.5 Å². The number of nitrogens with one attached hydrogen (secondary N) is 1. The van der Waals surface area contributed by atoms with E-state index < -0.39 is 12.1 Å². The molecule has 0 rings (SSSR count). The summed E-state index contributed by atoms with van der Waals surface area (Å²) in [6, 6.07) is -0.635. The van der Waals surface area contributed by atoms with Crippen molar-refractivity contribution in [2.45, 2.75) is 341 Å². The predicted octanol–water partition coefficient (Wildman–Crippen LogP) is 19.2. The lowest BCUT2D eigenvalue weighted by atomic mass is 10.0. The molecule has 0 aromatic carbocycles. The predicted molar refractivity (Wildman–Crippen MR) is 301 cm³/mol. The molecule has 0 aromatic rings. The Balaban J connectivity index is 3.47. The Labute approximate surface area is 430 Å². The minimum Gasteiger partial charge on any atom is -0.466 e. The Morgan fingerprint density at radius 2 is 0.681 bits per heavy atom. The van der Waals surface area contributed by atoms with Crippen LogP contribution in [-0.4, -0.2) is 47.4 Å². The molecule has 0 saturated heterocycles. The highest BCUT2D eigenvalue weighted by Crippen LogP contribution is 2.17. The van der Waals surface area contributed by atoms with Crippen LogP contribution in [0.3, 0.4) is 0 Å². The van der Waals surface area contributed by atoms with Crippen molar-refractivity contribution in [1.29, 1.82) is 0 Å². The van der Waals surface area contributed by atoms with Gasteiger partial charge in [0.2, 0.25) is 5.91 Å². The van der Waals surface area contributed by atoms with Crippen LogP contribution in [0.2, 0.25) is 0 Å². The maximum Gasteiger partial charge on any atom is 0.305 e. The molecule has 406 valence electrons. The third kappa shape index (κ3) is 55.2. The Kier molecular flexibility index (Phi) is 57.0. The first kappa shape index (κ1) is 67.1. The molecule has 0 radical (unpaired) electrons.